The van der Waals surface area contributed by atoms with Crippen LogP contribution in [0, 0.1) is 17.2 Å². The van der Waals surface area contributed by atoms with E-state index in [1.165, 1.54) is 23.8 Å². The van der Waals surface area contributed by atoms with Gasteiger partial charge < -0.3 is 29.9 Å². The van der Waals surface area contributed by atoms with Gasteiger partial charge in [-0.2, -0.15) is 15.4 Å². The number of hydrogen-bond donors (Lipinski definition) is 4. The summed E-state index contributed by atoms with van der Waals surface area (Å²) in [4.78, 5) is 16.6. The second-order valence-electron chi connectivity index (χ2n) is 9.96. The Hall–Kier alpha value is -3.57. The number of hydrogen-bond acceptors (Lipinski definition) is 12. The fourth-order valence-electron chi connectivity index (χ4n) is 4.57. The molecule has 1 unspecified atom stereocenters. The Morgan fingerprint density at radius 3 is 2.64 bits per heavy atom. The molecule has 0 saturated carbocycles. The van der Waals surface area contributed by atoms with E-state index in [1.807, 2.05) is 19.9 Å². The number of esters is 1. The minimum atomic E-state index is -4.32. The molecular weight excluding hydrogens is 567 g/mol. The summed E-state index contributed by atoms with van der Waals surface area (Å²) >= 11 is 0. The summed E-state index contributed by atoms with van der Waals surface area (Å²) in [6.45, 7) is 5.08. The number of carbonyl (C=O) groups excluding carboxylic acids is 1. The molecule has 14 nitrogen and oxygen atoms in total. The van der Waals surface area contributed by atoms with E-state index in [0.717, 1.165) is 12.8 Å². The number of nitrogen functional groups attached to an aromatic ring is 1. The summed E-state index contributed by atoms with van der Waals surface area (Å²) < 4.78 is 37.8. The number of nitriles is 1. The topological polar surface area (TPSA) is 204 Å². The van der Waals surface area contributed by atoms with Crippen LogP contribution in [0.2, 0.25) is 0 Å². The number of nitrogens with two attached hydrogens (primary N) is 1. The minimum absolute atomic E-state index is 0.0961. The third-order valence-corrected chi connectivity index (χ3v) is 8.83. The first kappa shape index (κ1) is 31.4. The van der Waals surface area contributed by atoms with Crippen molar-refractivity contribution in [3.05, 3.63) is 54.5 Å². The van der Waals surface area contributed by atoms with Crippen LogP contribution in [-0.2, 0) is 29.0 Å². The van der Waals surface area contributed by atoms with Gasteiger partial charge in [0.15, 0.2) is 5.82 Å². The number of rotatable bonds is 13. The van der Waals surface area contributed by atoms with Crippen molar-refractivity contribution in [3.8, 4) is 11.8 Å². The van der Waals surface area contributed by atoms with Gasteiger partial charge in [-0.05, 0) is 37.1 Å². The molecule has 0 bridgehead atoms. The summed E-state index contributed by atoms with van der Waals surface area (Å²) in [6, 6.07) is 12.0. The van der Waals surface area contributed by atoms with Crippen LogP contribution in [0.1, 0.15) is 39.3 Å². The predicted molar refractivity (Wildman–Crippen MR) is 150 cm³/mol. The molecule has 226 valence electrons. The van der Waals surface area contributed by atoms with E-state index in [-0.39, 0.29) is 29.8 Å². The maximum atomic E-state index is 13.9. The normalized spacial score (nSPS) is 24.3. The Labute approximate surface area is 242 Å². The molecule has 5 N–H and O–H groups in total. The second kappa shape index (κ2) is 13.2. The molecular formula is C27H35N6O8P. The van der Waals surface area contributed by atoms with Crippen LogP contribution in [0.25, 0.3) is 5.52 Å². The maximum Gasteiger partial charge on any atom is 0.459 e. The monoisotopic (exact) mass is 602 g/mol. The molecule has 1 fully saturated rings. The Kier molecular flexibility index (Phi) is 9.83. The molecule has 0 radical (unpaired) electrons. The zero-order valence-corrected chi connectivity index (χ0v) is 24.4. The number of nitrogens with zero attached hydrogens (tertiary/aromatic N) is 4. The molecule has 2 aromatic heterocycles. The van der Waals surface area contributed by atoms with E-state index in [1.54, 1.807) is 36.4 Å². The number of aliphatic hydroxyl groups is 2. The number of aromatic nitrogens is 3. The molecule has 1 saturated heterocycles. The second-order valence-corrected chi connectivity index (χ2v) is 11.7. The van der Waals surface area contributed by atoms with Crippen molar-refractivity contribution in [1.29, 1.82) is 5.26 Å². The number of fused-ring (bicyclic) bond motifs is 1. The van der Waals surface area contributed by atoms with E-state index >= 15 is 0 Å². The van der Waals surface area contributed by atoms with Gasteiger partial charge in [0, 0.05) is 0 Å². The lowest BCUT2D eigenvalue weighted by molar-refractivity contribution is -0.146. The molecule has 0 spiro atoms. The van der Waals surface area contributed by atoms with E-state index in [4.69, 9.17) is 24.3 Å². The molecule has 0 aliphatic carbocycles. The molecule has 4 rings (SSSR count). The number of para-hydroxylation sites is 1. The van der Waals surface area contributed by atoms with E-state index in [9.17, 15) is 24.8 Å². The summed E-state index contributed by atoms with van der Waals surface area (Å²) in [5.74, 6) is -0.143. The summed E-state index contributed by atoms with van der Waals surface area (Å²) in [7, 11) is -4.32. The first-order valence-electron chi connectivity index (χ1n) is 13.5. The zero-order chi connectivity index (χ0) is 30.5. The zero-order valence-electron chi connectivity index (χ0n) is 23.5. The van der Waals surface area contributed by atoms with Crippen LogP contribution < -0.4 is 15.3 Å². The minimum Gasteiger partial charge on any atom is -0.464 e. The van der Waals surface area contributed by atoms with Crippen molar-refractivity contribution < 1.29 is 38.1 Å². The highest BCUT2D eigenvalue weighted by molar-refractivity contribution is 7.52. The average molecular weight is 603 g/mol. The van der Waals surface area contributed by atoms with Crippen molar-refractivity contribution >= 4 is 25.1 Å². The quantitative estimate of drug-likeness (QED) is 0.164. The Bertz CT molecular complexity index is 1460. The van der Waals surface area contributed by atoms with Crippen LogP contribution in [0.15, 0.2) is 48.8 Å². The summed E-state index contributed by atoms with van der Waals surface area (Å²) in [5.41, 5.74) is 4.28. The third-order valence-electron chi connectivity index (χ3n) is 7.19. The van der Waals surface area contributed by atoms with Crippen molar-refractivity contribution in [3.63, 3.8) is 0 Å². The smallest absolute Gasteiger partial charge is 0.459 e. The van der Waals surface area contributed by atoms with Gasteiger partial charge in [0.2, 0.25) is 5.60 Å². The first-order valence-corrected chi connectivity index (χ1v) is 15.1. The molecule has 1 aliphatic rings. The number of carbonyl (C=O) groups is 1. The van der Waals surface area contributed by atoms with Crippen LogP contribution in [0.3, 0.4) is 0 Å². The number of benzene rings is 1. The fourth-order valence-corrected chi connectivity index (χ4v) is 6.07. The highest BCUT2D eigenvalue weighted by Gasteiger charge is 2.58. The van der Waals surface area contributed by atoms with Gasteiger partial charge in [-0.25, -0.2) is 14.1 Å². The van der Waals surface area contributed by atoms with Crippen LogP contribution in [-0.4, -0.2) is 68.3 Å². The molecule has 1 aromatic carbocycles. The van der Waals surface area contributed by atoms with E-state index in [2.05, 4.69) is 15.2 Å². The SMILES string of the molecule is CCC(CC)COC(=O)[C@H](C)N[P@@](=O)(OCC1O[C@@](C#N)(c2ccc3c(N)ncnn23)[C@H](O)[C@@H]1O)Oc1ccccc1. The van der Waals surface area contributed by atoms with Crippen LogP contribution >= 0.6 is 7.75 Å². The van der Waals surface area contributed by atoms with Gasteiger partial charge in [0.05, 0.1) is 18.9 Å². The Morgan fingerprint density at radius 1 is 1.26 bits per heavy atom. The Balaban J connectivity index is 1.53. The van der Waals surface area contributed by atoms with Gasteiger partial charge in [0.25, 0.3) is 0 Å². The molecule has 3 aromatic rings. The average Bonchev–Trinajstić information content (AvgIpc) is 3.53. The molecule has 3 heterocycles. The lowest BCUT2D eigenvalue weighted by Gasteiger charge is -2.25. The highest BCUT2D eigenvalue weighted by Crippen LogP contribution is 2.47. The van der Waals surface area contributed by atoms with Crippen molar-refractivity contribution in [2.75, 3.05) is 18.9 Å². The van der Waals surface area contributed by atoms with Crippen LogP contribution in [0.5, 0.6) is 5.75 Å². The summed E-state index contributed by atoms with van der Waals surface area (Å²) in [6.07, 6.45) is -1.87. The van der Waals surface area contributed by atoms with Crippen molar-refractivity contribution in [1.82, 2.24) is 19.7 Å². The lowest BCUT2D eigenvalue weighted by Crippen LogP contribution is -2.41. The van der Waals surface area contributed by atoms with Crippen molar-refractivity contribution in [2.24, 2.45) is 5.92 Å². The van der Waals surface area contributed by atoms with Gasteiger partial charge in [-0.3, -0.25) is 9.32 Å². The Morgan fingerprint density at radius 2 is 1.98 bits per heavy atom. The summed E-state index contributed by atoms with van der Waals surface area (Å²) in [5, 5.41) is 38.7. The molecule has 1 aliphatic heterocycles. The number of aliphatic hydroxyl groups excluding tert-OH is 2. The van der Waals surface area contributed by atoms with Gasteiger partial charge >= 0.3 is 13.7 Å². The van der Waals surface area contributed by atoms with Gasteiger partial charge in [-0.15, -0.1) is 0 Å². The standard InChI is InChI=1S/C27H35N6O8P/c1-4-18(5-2)13-38-26(36)17(3)32-42(37,41-19-9-7-6-8-10-19)39-14-21-23(34)24(35)27(15-28,40-21)22-12-11-20-25(29)30-16-31-33(20)22/h6-12,16-18,21,23-24,34-35H,4-5,13-14H2,1-3H3,(H,32,37)(H2,29,30,31)/t17-,21?,23+,24+,27-,42+/m0/s1. The lowest BCUT2D eigenvalue weighted by atomic mass is 9.92. The molecule has 0 amide bonds. The van der Waals surface area contributed by atoms with Gasteiger partial charge in [0.1, 0.15) is 48.0 Å². The van der Waals surface area contributed by atoms with Gasteiger partial charge in [-0.1, -0.05) is 44.9 Å². The fraction of sp³-hybridized carbons (Fsp3) is 0.481. The van der Waals surface area contributed by atoms with E-state index < -0.39 is 50.3 Å². The predicted octanol–water partition coefficient (Wildman–Crippen LogP) is 2.31. The first-order chi connectivity index (χ1) is 20.1. The highest BCUT2D eigenvalue weighted by atomic mass is 31.2. The van der Waals surface area contributed by atoms with Crippen molar-refractivity contribution in [2.45, 2.75) is 63.6 Å². The molecule has 6 atom stereocenters. The molecule has 15 heteroatoms. The van der Waals surface area contributed by atoms with Crippen LogP contribution in [0.4, 0.5) is 5.82 Å². The maximum absolute atomic E-state index is 13.9. The largest absolute Gasteiger partial charge is 0.464 e. The molecule has 42 heavy (non-hydrogen) atoms. The van der Waals surface area contributed by atoms with E-state index in [0.29, 0.717) is 5.52 Å². The number of nitrogens with one attached hydrogen (secondary N) is 1. The number of anilines is 1. The third kappa shape index (κ3) is 6.42. The number of ether oxygens (including phenoxy) is 2.